The summed E-state index contributed by atoms with van der Waals surface area (Å²) in [7, 11) is 3.06. The van der Waals surface area contributed by atoms with Crippen LogP contribution >= 0.6 is 0 Å². The SMILES string of the molecule is CCOC(=O)c1cc2cc(OC)c(OC)cc2cc1C(=O)OCC. The van der Waals surface area contributed by atoms with E-state index in [-0.39, 0.29) is 24.3 Å². The van der Waals surface area contributed by atoms with Crippen molar-refractivity contribution in [1.82, 2.24) is 0 Å². The van der Waals surface area contributed by atoms with Gasteiger partial charge in [-0.05, 0) is 48.9 Å². The Labute approximate surface area is 140 Å². The molecule has 0 aliphatic heterocycles. The summed E-state index contributed by atoms with van der Waals surface area (Å²) in [5.41, 5.74) is 0.324. The number of esters is 2. The lowest BCUT2D eigenvalue weighted by molar-refractivity contribution is 0.0479. The molecule has 0 aliphatic rings. The summed E-state index contributed by atoms with van der Waals surface area (Å²) in [6, 6.07) is 6.68. The van der Waals surface area contributed by atoms with E-state index in [2.05, 4.69) is 0 Å². The summed E-state index contributed by atoms with van der Waals surface area (Å²) in [6.45, 7) is 3.84. The average molecular weight is 332 g/mol. The van der Waals surface area contributed by atoms with E-state index < -0.39 is 11.9 Å². The van der Waals surface area contributed by atoms with Crippen LogP contribution in [0.4, 0.5) is 0 Å². The van der Waals surface area contributed by atoms with E-state index in [9.17, 15) is 9.59 Å². The molecular weight excluding hydrogens is 312 g/mol. The Morgan fingerprint density at radius 3 is 1.42 bits per heavy atom. The normalized spacial score (nSPS) is 10.3. The lowest BCUT2D eigenvalue weighted by atomic mass is 10.00. The molecule has 0 heterocycles. The fourth-order valence-electron chi connectivity index (χ4n) is 2.38. The number of carbonyl (C=O) groups is 2. The lowest BCUT2D eigenvalue weighted by Crippen LogP contribution is -2.14. The van der Waals surface area contributed by atoms with Crippen LogP contribution in [0.25, 0.3) is 10.8 Å². The maximum atomic E-state index is 12.2. The Bertz CT molecular complexity index is 701. The van der Waals surface area contributed by atoms with Crippen molar-refractivity contribution in [2.24, 2.45) is 0 Å². The van der Waals surface area contributed by atoms with E-state index in [4.69, 9.17) is 18.9 Å². The fraction of sp³-hybridized carbons (Fsp3) is 0.333. The molecule has 24 heavy (non-hydrogen) atoms. The Hall–Kier alpha value is -2.76. The summed E-state index contributed by atoms with van der Waals surface area (Å²) in [5, 5.41) is 1.45. The minimum atomic E-state index is -0.572. The smallest absolute Gasteiger partial charge is 0.339 e. The molecule has 0 fully saturated rings. The maximum Gasteiger partial charge on any atom is 0.339 e. The Kier molecular flexibility index (Phi) is 5.63. The van der Waals surface area contributed by atoms with Gasteiger partial charge in [-0.15, -0.1) is 0 Å². The summed E-state index contributed by atoms with van der Waals surface area (Å²) >= 11 is 0. The van der Waals surface area contributed by atoms with E-state index >= 15 is 0 Å². The molecule has 0 spiro atoms. The molecule has 0 unspecified atom stereocenters. The van der Waals surface area contributed by atoms with Gasteiger partial charge in [0.05, 0.1) is 38.6 Å². The van der Waals surface area contributed by atoms with E-state index in [1.807, 2.05) is 0 Å². The third-order valence-corrected chi connectivity index (χ3v) is 3.47. The Morgan fingerprint density at radius 2 is 1.12 bits per heavy atom. The lowest BCUT2D eigenvalue weighted by Gasteiger charge is -2.13. The second kappa shape index (κ2) is 7.68. The van der Waals surface area contributed by atoms with Crippen molar-refractivity contribution in [1.29, 1.82) is 0 Å². The van der Waals surface area contributed by atoms with Crippen molar-refractivity contribution in [2.75, 3.05) is 27.4 Å². The van der Waals surface area contributed by atoms with Crippen molar-refractivity contribution in [2.45, 2.75) is 13.8 Å². The van der Waals surface area contributed by atoms with Crippen LogP contribution in [0.3, 0.4) is 0 Å². The molecule has 0 radical (unpaired) electrons. The number of methoxy groups -OCH3 is 2. The van der Waals surface area contributed by atoms with Crippen LogP contribution in [0.5, 0.6) is 11.5 Å². The van der Waals surface area contributed by atoms with Gasteiger partial charge in [0.2, 0.25) is 0 Å². The van der Waals surface area contributed by atoms with Crippen LogP contribution in [0.2, 0.25) is 0 Å². The van der Waals surface area contributed by atoms with Crippen molar-refractivity contribution in [3.8, 4) is 11.5 Å². The second-order valence-electron chi connectivity index (χ2n) is 4.89. The molecule has 0 atom stereocenters. The van der Waals surface area contributed by atoms with Gasteiger partial charge in [0.25, 0.3) is 0 Å². The Morgan fingerprint density at radius 1 is 0.750 bits per heavy atom. The minimum absolute atomic E-state index is 0.162. The molecule has 6 heteroatoms. The van der Waals surface area contributed by atoms with Crippen LogP contribution in [-0.4, -0.2) is 39.4 Å². The van der Waals surface area contributed by atoms with Gasteiger partial charge in [0.15, 0.2) is 11.5 Å². The summed E-state index contributed by atoms with van der Waals surface area (Å²) in [6.07, 6.45) is 0. The first-order chi connectivity index (χ1) is 11.5. The number of fused-ring (bicyclic) bond motifs is 1. The van der Waals surface area contributed by atoms with E-state index in [1.165, 1.54) is 14.2 Å². The van der Waals surface area contributed by atoms with Gasteiger partial charge in [-0.1, -0.05) is 0 Å². The molecule has 2 rings (SSSR count). The predicted octanol–water partition coefficient (Wildman–Crippen LogP) is 3.21. The zero-order valence-electron chi connectivity index (χ0n) is 14.2. The van der Waals surface area contributed by atoms with E-state index in [1.54, 1.807) is 38.1 Å². The Balaban J connectivity index is 2.69. The van der Waals surface area contributed by atoms with Crippen LogP contribution in [-0.2, 0) is 9.47 Å². The fourth-order valence-corrected chi connectivity index (χ4v) is 2.38. The molecule has 0 aliphatic carbocycles. The first kappa shape index (κ1) is 17.6. The second-order valence-corrected chi connectivity index (χ2v) is 4.89. The first-order valence-corrected chi connectivity index (χ1v) is 7.59. The minimum Gasteiger partial charge on any atom is -0.493 e. The highest BCUT2D eigenvalue weighted by Crippen LogP contribution is 2.33. The first-order valence-electron chi connectivity index (χ1n) is 7.59. The molecule has 0 saturated carbocycles. The number of ether oxygens (including phenoxy) is 4. The maximum absolute atomic E-state index is 12.2. The van der Waals surface area contributed by atoms with Gasteiger partial charge in [-0.3, -0.25) is 0 Å². The third-order valence-electron chi connectivity index (χ3n) is 3.47. The van der Waals surface area contributed by atoms with E-state index in [0.29, 0.717) is 11.5 Å². The van der Waals surface area contributed by atoms with Crippen molar-refractivity contribution in [3.05, 3.63) is 35.4 Å². The highest BCUT2D eigenvalue weighted by molar-refractivity contribution is 6.07. The quantitative estimate of drug-likeness (QED) is 0.757. The molecule has 0 saturated heterocycles. The number of rotatable bonds is 6. The third kappa shape index (κ3) is 3.42. The van der Waals surface area contributed by atoms with Crippen LogP contribution in [0, 0.1) is 0 Å². The van der Waals surface area contributed by atoms with Crippen molar-refractivity contribution < 1.29 is 28.5 Å². The van der Waals surface area contributed by atoms with Gasteiger partial charge in [0, 0.05) is 0 Å². The molecule has 2 aromatic rings. The van der Waals surface area contributed by atoms with E-state index in [0.717, 1.165) is 10.8 Å². The van der Waals surface area contributed by atoms with Crippen LogP contribution < -0.4 is 9.47 Å². The number of hydrogen-bond donors (Lipinski definition) is 0. The van der Waals surface area contributed by atoms with Crippen LogP contribution in [0.15, 0.2) is 24.3 Å². The molecule has 2 aromatic carbocycles. The van der Waals surface area contributed by atoms with Crippen molar-refractivity contribution in [3.63, 3.8) is 0 Å². The number of carbonyl (C=O) groups excluding carboxylic acids is 2. The van der Waals surface area contributed by atoms with Gasteiger partial charge in [0.1, 0.15) is 0 Å². The average Bonchev–Trinajstić information content (AvgIpc) is 2.59. The molecule has 0 N–H and O–H groups in total. The molecule has 0 amide bonds. The van der Waals surface area contributed by atoms with Crippen LogP contribution in [0.1, 0.15) is 34.6 Å². The zero-order chi connectivity index (χ0) is 17.7. The molecular formula is C18H20O6. The summed E-state index contributed by atoms with van der Waals surface area (Å²) < 4.78 is 20.6. The monoisotopic (exact) mass is 332 g/mol. The molecule has 0 aromatic heterocycles. The number of hydrogen-bond acceptors (Lipinski definition) is 6. The van der Waals surface area contributed by atoms with Gasteiger partial charge < -0.3 is 18.9 Å². The zero-order valence-corrected chi connectivity index (χ0v) is 14.2. The number of benzene rings is 2. The van der Waals surface area contributed by atoms with Gasteiger partial charge >= 0.3 is 11.9 Å². The molecule has 0 bridgehead atoms. The largest absolute Gasteiger partial charge is 0.493 e. The molecule has 6 nitrogen and oxygen atoms in total. The van der Waals surface area contributed by atoms with Gasteiger partial charge in [-0.25, -0.2) is 9.59 Å². The topological polar surface area (TPSA) is 71.1 Å². The summed E-state index contributed by atoms with van der Waals surface area (Å²) in [4.78, 5) is 24.4. The summed E-state index contributed by atoms with van der Waals surface area (Å²) in [5.74, 6) is -0.0816. The van der Waals surface area contributed by atoms with Crippen molar-refractivity contribution >= 4 is 22.7 Å². The van der Waals surface area contributed by atoms with Gasteiger partial charge in [-0.2, -0.15) is 0 Å². The predicted molar refractivity (Wildman–Crippen MR) is 89.0 cm³/mol. The molecule has 128 valence electrons. The highest BCUT2D eigenvalue weighted by atomic mass is 16.5. The highest BCUT2D eigenvalue weighted by Gasteiger charge is 2.21. The standard InChI is InChI=1S/C18H20O6/c1-5-23-17(19)13-7-11-9-15(21-3)16(22-4)10-12(11)8-14(13)18(20)24-6-2/h7-10H,5-6H2,1-4H3.